The predicted molar refractivity (Wildman–Crippen MR) is 78.3 cm³/mol. The zero-order chi connectivity index (χ0) is 13.0. The van der Waals surface area contributed by atoms with Crippen molar-refractivity contribution in [1.29, 1.82) is 0 Å². The first-order chi connectivity index (χ1) is 8.69. The number of nitrogens with one attached hydrogen (secondary N) is 1. The van der Waals surface area contributed by atoms with Crippen molar-refractivity contribution in [2.24, 2.45) is 0 Å². The molecule has 0 fully saturated rings. The number of hydrogen-bond donors (Lipinski definition) is 2. The third kappa shape index (κ3) is 3.42. The molecule has 6 heteroatoms. The predicted octanol–water partition coefficient (Wildman–Crippen LogP) is 1.80. The highest BCUT2D eigenvalue weighted by molar-refractivity contribution is 14.1. The van der Waals surface area contributed by atoms with Gasteiger partial charge in [0.15, 0.2) is 0 Å². The molecule has 1 aromatic carbocycles. The fourth-order valence-corrected chi connectivity index (χ4v) is 2.04. The summed E-state index contributed by atoms with van der Waals surface area (Å²) in [7, 11) is 0. The lowest BCUT2D eigenvalue weighted by Gasteiger charge is -2.06. The topological polar surface area (TPSA) is 63.0 Å². The van der Waals surface area contributed by atoms with E-state index in [4.69, 9.17) is 5.11 Å². The molecule has 0 amide bonds. The van der Waals surface area contributed by atoms with Gasteiger partial charge in [-0.2, -0.15) is 0 Å². The monoisotopic (exact) mass is 358 g/mol. The van der Waals surface area contributed by atoms with Crippen LogP contribution in [0.3, 0.4) is 0 Å². The Hall–Kier alpha value is -1.15. The van der Waals surface area contributed by atoms with Gasteiger partial charge in [0.1, 0.15) is 5.69 Å². The Morgan fingerprint density at radius 1 is 1.44 bits per heavy atom. The molecule has 0 spiro atoms. The Morgan fingerprint density at radius 3 is 3.00 bits per heavy atom. The van der Waals surface area contributed by atoms with Gasteiger partial charge in [0.25, 0.3) is 0 Å². The molecular formula is C12H15IN4O. The van der Waals surface area contributed by atoms with Crippen LogP contribution >= 0.6 is 22.6 Å². The molecular weight excluding hydrogens is 343 g/mol. The second-order valence-corrected chi connectivity index (χ2v) is 5.18. The Balaban J connectivity index is 1.95. The lowest BCUT2D eigenvalue weighted by atomic mass is 10.2. The molecule has 0 aliphatic carbocycles. The molecule has 0 aliphatic heterocycles. The number of aromatic nitrogens is 3. The van der Waals surface area contributed by atoms with E-state index in [-0.39, 0.29) is 6.61 Å². The lowest BCUT2D eigenvalue weighted by Crippen LogP contribution is -2.02. The van der Waals surface area contributed by atoms with Crippen LogP contribution in [0.15, 0.2) is 24.4 Å². The number of aliphatic hydroxyl groups excluding tert-OH is 1. The molecule has 2 aromatic rings. The number of rotatable bonds is 5. The fraction of sp³-hybridized carbons (Fsp3) is 0.333. The number of aliphatic hydroxyl groups is 1. The summed E-state index contributed by atoms with van der Waals surface area (Å²) in [6.45, 7) is 3.28. The van der Waals surface area contributed by atoms with Gasteiger partial charge in [-0.15, -0.1) is 5.10 Å². The first kappa shape index (κ1) is 13.3. The molecule has 0 aliphatic rings. The van der Waals surface area contributed by atoms with Crippen LogP contribution in [0.4, 0.5) is 5.69 Å². The van der Waals surface area contributed by atoms with E-state index in [2.05, 4.69) is 63.3 Å². The number of anilines is 1. The summed E-state index contributed by atoms with van der Waals surface area (Å²) in [5, 5.41) is 20.0. The van der Waals surface area contributed by atoms with Gasteiger partial charge in [-0.3, -0.25) is 0 Å². The second-order valence-electron chi connectivity index (χ2n) is 4.01. The van der Waals surface area contributed by atoms with Gasteiger partial charge < -0.3 is 10.4 Å². The maximum atomic E-state index is 8.79. The van der Waals surface area contributed by atoms with E-state index in [9.17, 15) is 0 Å². The van der Waals surface area contributed by atoms with E-state index >= 15 is 0 Å². The Morgan fingerprint density at radius 2 is 2.28 bits per heavy atom. The Kier molecular flexibility index (Phi) is 4.54. The number of nitrogens with zero attached hydrogens (tertiary/aromatic N) is 3. The van der Waals surface area contributed by atoms with E-state index in [1.54, 1.807) is 4.68 Å². The van der Waals surface area contributed by atoms with Crippen molar-refractivity contribution in [1.82, 2.24) is 15.0 Å². The number of benzene rings is 1. The van der Waals surface area contributed by atoms with Crippen LogP contribution in [0.5, 0.6) is 0 Å². The van der Waals surface area contributed by atoms with Gasteiger partial charge in [-0.1, -0.05) is 11.3 Å². The van der Waals surface area contributed by atoms with Gasteiger partial charge in [0.2, 0.25) is 0 Å². The van der Waals surface area contributed by atoms with Gasteiger partial charge in [0, 0.05) is 9.26 Å². The van der Waals surface area contributed by atoms with E-state index < -0.39 is 0 Å². The summed E-state index contributed by atoms with van der Waals surface area (Å²) in [6, 6.07) is 6.25. The Labute approximate surface area is 119 Å². The first-order valence-electron chi connectivity index (χ1n) is 5.69. The molecule has 5 nitrogen and oxygen atoms in total. The minimum absolute atomic E-state index is 0.0758. The second kappa shape index (κ2) is 6.14. The van der Waals surface area contributed by atoms with Crippen molar-refractivity contribution in [3.8, 4) is 0 Å². The number of halogens is 1. The standard InChI is InChI=1S/C12H15IN4O/c1-9-2-3-10(6-12(9)13)14-7-11-8-17(4-5-18)16-15-11/h2-3,6,8,14,18H,4-5,7H2,1H3. The lowest BCUT2D eigenvalue weighted by molar-refractivity contribution is 0.268. The molecule has 1 aromatic heterocycles. The minimum Gasteiger partial charge on any atom is -0.394 e. The van der Waals surface area contributed by atoms with Crippen molar-refractivity contribution >= 4 is 28.3 Å². The summed E-state index contributed by atoms with van der Waals surface area (Å²) in [5.41, 5.74) is 3.20. The van der Waals surface area contributed by atoms with Crippen molar-refractivity contribution in [3.63, 3.8) is 0 Å². The number of aryl methyl sites for hydroxylation is 1. The summed E-state index contributed by atoms with van der Waals surface area (Å²) in [5.74, 6) is 0. The Bertz CT molecular complexity index is 527. The van der Waals surface area contributed by atoms with Crippen LogP contribution in [-0.4, -0.2) is 26.7 Å². The highest BCUT2D eigenvalue weighted by Crippen LogP contribution is 2.17. The van der Waals surface area contributed by atoms with Crippen molar-refractivity contribution in [3.05, 3.63) is 39.2 Å². The molecule has 96 valence electrons. The van der Waals surface area contributed by atoms with E-state index in [0.717, 1.165) is 11.4 Å². The summed E-state index contributed by atoms with van der Waals surface area (Å²) >= 11 is 2.32. The summed E-state index contributed by atoms with van der Waals surface area (Å²) in [6.07, 6.45) is 1.84. The molecule has 0 saturated carbocycles. The highest BCUT2D eigenvalue weighted by Gasteiger charge is 2.01. The van der Waals surface area contributed by atoms with E-state index in [1.807, 2.05) is 6.20 Å². The van der Waals surface area contributed by atoms with E-state index in [0.29, 0.717) is 13.1 Å². The third-order valence-electron chi connectivity index (χ3n) is 2.56. The van der Waals surface area contributed by atoms with Crippen LogP contribution in [0.1, 0.15) is 11.3 Å². The molecule has 0 radical (unpaired) electrons. The zero-order valence-corrected chi connectivity index (χ0v) is 12.3. The molecule has 18 heavy (non-hydrogen) atoms. The first-order valence-corrected chi connectivity index (χ1v) is 6.77. The quantitative estimate of drug-likeness (QED) is 0.801. The van der Waals surface area contributed by atoms with Crippen LogP contribution in [0.25, 0.3) is 0 Å². The van der Waals surface area contributed by atoms with Gasteiger partial charge in [-0.25, -0.2) is 4.68 Å². The fourth-order valence-electron chi connectivity index (χ4n) is 1.53. The minimum atomic E-state index is 0.0758. The average molecular weight is 358 g/mol. The van der Waals surface area contributed by atoms with E-state index in [1.165, 1.54) is 9.13 Å². The van der Waals surface area contributed by atoms with Crippen molar-refractivity contribution in [2.75, 3.05) is 11.9 Å². The van der Waals surface area contributed by atoms with Crippen LogP contribution < -0.4 is 5.32 Å². The zero-order valence-electron chi connectivity index (χ0n) is 10.1. The van der Waals surface area contributed by atoms with Gasteiger partial charge in [0.05, 0.1) is 25.9 Å². The average Bonchev–Trinajstić information content (AvgIpc) is 2.79. The van der Waals surface area contributed by atoms with Crippen molar-refractivity contribution in [2.45, 2.75) is 20.0 Å². The van der Waals surface area contributed by atoms with Crippen LogP contribution in [0.2, 0.25) is 0 Å². The molecule has 2 rings (SSSR count). The SMILES string of the molecule is Cc1ccc(NCc2cn(CCO)nn2)cc1I. The van der Waals surface area contributed by atoms with Crippen molar-refractivity contribution < 1.29 is 5.11 Å². The van der Waals surface area contributed by atoms with Crippen LogP contribution in [0, 0.1) is 10.5 Å². The van der Waals surface area contributed by atoms with Crippen LogP contribution in [-0.2, 0) is 13.1 Å². The highest BCUT2D eigenvalue weighted by atomic mass is 127. The van der Waals surface area contributed by atoms with Gasteiger partial charge >= 0.3 is 0 Å². The summed E-state index contributed by atoms with van der Waals surface area (Å²) < 4.78 is 2.87. The molecule has 0 saturated heterocycles. The van der Waals surface area contributed by atoms with Gasteiger partial charge in [-0.05, 0) is 47.2 Å². The number of hydrogen-bond acceptors (Lipinski definition) is 4. The maximum absolute atomic E-state index is 8.79. The normalized spacial score (nSPS) is 10.6. The largest absolute Gasteiger partial charge is 0.394 e. The smallest absolute Gasteiger partial charge is 0.102 e. The molecule has 1 heterocycles. The summed E-state index contributed by atoms with van der Waals surface area (Å²) in [4.78, 5) is 0. The molecule has 0 bridgehead atoms. The maximum Gasteiger partial charge on any atom is 0.102 e. The molecule has 0 unspecified atom stereocenters. The third-order valence-corrected chi connectivity index (χ3v) is 3.72. The molecule has 0 atom stereocenters. The molecule has 2 N–H and O–H groups in total.